The number of nitrogens with zero attached hydrogens (tertiary/aromatic N) is 1. The first-order valence-corrected chi connectivity index (χ1v) is 6.78. The van der Waals surface area contributed by atoms with Crippen LogP contribution >= 0.6 is 28.3 Å². The van der Waals surface area contributed by atoms with Crippen LogP contribution in [0.25, 0.3) is 0 Å². The van der Waals surface area contributed by atoms with E-state index in [-0.39, 0.29) is 36.5 Å². The molecule has 110 valence electrons. The highest BCUT2D eigenvalue weighted by Crippen LogP contribution is 2.23. The molecule has 1 aliphatic heterocycles. The third-order valence-electron chi connectivity index (χ3n) is 3.02. The molecule has 0 aromatic heterocycles. The molecule has 1 saturated heterocycles. The first-order valence-electron chi connectivity index (χ1n) is 5.99. The van der Waals surface area contributed by atoms with Crippen LogP contribution < -0.4 is 10.6 Å². The van der Waals surface area contributed by atoms with Crippen molar-refractivity contribution >= 4 is 39.9 Å². The van der Waals surface area contributed by atoms with Crippen molar-refractivity contribution in [3.05, 3.63) is 38.3 Å². The van der Waals surface area contributed by atoms with Crippen LogP contribution in [0.2, 0.25) is 0 Å². The Morgan fingerprint density at radius 1 is 1.55 bits per heavy atom. The topological polar surface area (TPSA) is 84.3 Å². The number of nitrogens with one attached hydrogen (secondary N) is 2. The zero-order chi connectivity index (χ0) is 13.8. The normalized spacial score (nSPS) is 17.4. The summed E-state index contributed by atoms with van der Waals surface area (Å²) in [6, 6.07) is 4.61. The average molecular weight is 365 g/mol. The molecule has 2 N–H and O–H groups in total. The van der Waals surface area contributed by atoms with E-state index in [1.807, 2.05) is 0 Å². The Labute approximate surface area is 131 Å². The lowest BCUT2D eigenvalue weighted by atomic mass is 10.1. The summed E-state index contributed by atoms with van der Waals surface area (Å²) in [6.07, 6.45) is 1.16. The van der Waals surface area contributed by atoms with Crippen molar-refractivity contribution in [1.82, 2.24) is 10.6 Å². The predicted molar refractivity (Wildman–Crippen MR) is 81.2 cm³/mol. The maximum atomic E-state index is 11.8. The second-order valence-corrected chi connectivity index (χ2v) is 5.32. The standard InChI is InChI=1S/C12H14BrN3O3.ClH/c13-11-6-10(16(18)19)2-1-8(11)5-12(17)15-9-3-4-14-7-9;/h1-2,6,9,14H,3-5,7H2,(H,15,17);1H. The molecule has 2 rings (SSSR count). The number of carbonyl (C=O) groups excluding carboxylic acids is 1. The third kappa shape index (κ3) is 4.43. The molecule has 0 saturated carbocycles. The zero-order valence-electron chi connectivity index (χ0n) is 10.6. The number of hydrogen-bond acceptors (Lipinski definition) is 4. The molecule has 1 aliphatic rings. The van der Waals surface area contributed by atoms with Crippen LogP contribution in [0, 0.1) is 10.1 Å². The lowest BCUT2D eigenvalue weighted by molar-refractivity contribution is -0.384. The molecule has 1 heterocycles. The van der Waals surface area contributed by atoms with E-state index in [1.165, 1.54) is 12.1 Å². The Balaban J connectivity index is 0.00000200. The Bertz CT molecular complexity index is 507. The lowest BCUT2D eigenvalue weighted by Crippen LogP contribution is -2.37. The summed E-state index contributed by atoms with van der Waals surface area (Å²) >= 11 is 3.26. The number of nitro groups is 1. The molecule has 1 aromatic carbocycles. The van der Waals surface area contributed by atoms with E-state index in [0.717, 1.165) is 25.1 Å². The molecule has 6 nitrogen and oxygen atoms in total. The van der Waals surface area contributed by atoms with Crippen molar-refractivity contribution in [3.8, 4) is 0 Å². The second-order valence-electron chi connectivity index (χ2n) is 4.47. The van der Waals surface area contributed by atoms with Gasteiger partial charge < -0.3 is 10.6 Å². The highest BCUT2D eigenvalue weighted by atomic mass is 79.9. The number of non-ortho nitro benzene ring substituents is 1. The van der Waals surface area contributed by atoms with E-state index in [0.29, 0.717) is 4.47 Å². The van der Waals surface area contributed by atoms with Crippen molar-refractivity contribution in [2.45, 2.75) is 18.9 Å². The van der Waals surface area contributed by atoms with Crippen molar-refractivity contribution in [2.24, 2.45) is 0 Å². The SMILES string of the molecule is Cl.O=C(Cc1ccc([N+](=O)[O-])cc1Br)NC1CCNC1. The second kappa shape index (κ2) is 7.56. The Morgan fingerprint density at radius 3 is 2.85 bits per heavy atom. The highest BCUT2D eigenvalue weighted by molar-refractivity contribution is 9.10. The minimum atomic E-state index is -0.460. The van der Waals surface area contributed by atoms with Crippen LogP contribution in [0.4, 0.5) is 5.69 Å². The smallest absolute Gasteiger partial charge is 0.270 e. The first kappa shape index (κ1) is 16.9. The lowest BCUT2D eigenvalue weighted by Gasteiger charge is -2.11. The fourth-order valence-electron chi connectivity index (χ4n) is 2.02. The van der Waals surface area contributed by atoms with Gasteiger partial charge in [0.05, 0.1) is 11.3 Å². The fraction of sp³-hybridized carbons (Fsp3) is 0.417. The van der Waals surface area contributed by atoms with Crippen LogP contribution in [-0.4, -0.2) is 30.0 Å². The van der Waals surface area contributed by atoms with Crippen molar-refractivity contribution in [2.75, 3.05) is 13.1 Å². The summed E-state index contributed by atoms with van der Waals surface area (Å²) in [5, 5.41) is 16.7. The van der Waals surface area contributed by atoms with Crippen LogP contribution in [0.3, 0.4) is 0 Å². The van der Waals surface area contributed by atoms with E-state index < -0.39 is 4.92 Å². The fourth-order valence-corrected chi connectivity index (χ4v) is 2.53. The molecule has 1 amide bonds. The molecule has 0 aliphatic carbocycles. The molecule has 0 bridgehead atoms. The number of carbonyl (C=O) groups is 1. The zero-order valence-corrected chi connectivity index (χ0v) is 13.0. The average Bonchev–Trinajstić information content (AvgIpc) is 2.84. The summed E-state index contributed by atoms with van der Waals surface area (Å²) in [5.41, 5.74) is 0.755. The van der Waals surface area contributed by atoms with Gasteiger partial charge in [0, 0.05) is 29.2 Å². The van der Waals surface area contributed by atoms with Gasteiger partial charge in [-0.15, -0.1) is 12.4 Å². The van der Waals surface area contributed by atoms with Crippen molar-refractivity contribution in [3.63, 3.8) is 0 Å². The molecular formula is C12H15BrClN3O3. The molecule has 1 unspecified atom stereocenters. The van der Waals surface area contributed by atoms with Crippen LogP contribution in [0.1, 0.15) is 12.0 Å². The van der Waals surface area contributed by atoms with E-state index >= 15 is 0 Å². The van der Waals surface area contributed by atoms with Gasteiger partial charge >= 0.3 is 0 Å². The number of nitro benzene ring substituents is 1. The molecule has 1 aromatic rings. The van der Waals surface area contributed by atoms with E-state index in [2.05, 4.69) is 26.6 Å². The number of hydrogen-bond donors (Lipinski definition) is 2. The van der Waals surface area contributed by atoms with Gasteiger partial charge in [-0.1, -0.05) is 22.0 Å². The number of rotatable bonds is 4. The summed E-state index contributed by atoms with van der Waals surface area (Å²) in [4.78, 5) is 22.0. The first-order chi connectivity index (χ1) is 9.06. The minimum absolute atomic E-state index is 0. The summed E-state index contributed by atoms with van der Waals surface area (Å²) in [7, 11) is 0. The largest absolute Gasteiger partial charge is 0.352 e. The van der Waals surface area contributed by atoms with Crippen LogP contribution in [0.5, 0.6) is 0 Å². The van der Waals surface area contributed by atoms with E-state index in [4.69, 9.17) is 0 Å². The summed E-state index contributed by atoms with van der Waals surface area (Å²) in [6.45, 7) is 1.72. The monoisotopic (exact) mass is 363 g/mol. The third-order valence-corrected chi connectivity index (χ3v) is 3.76. The predicted octanol–water partition coefficient (Wildman–Crippen LogP) is 1.80. The number of benzene rings is 1. The Hall–Kier alpha value is -1.18. The van der Waals surface area contributed by atoms with Gasteiger partial charge in [0.15, 0.2) is 0 Å². The maximum Gasteiger partial charge on any atom is 0.270 e. The van der Waals surface area contributed by atoms with Crippen molar-refractivity contribution < 1.29 is 9.72 Å². The van der Waals surface area contributed by atoms with Crippen molar-refractivity contribution in [1.29, 1.82) is 0 Å². The van der Waals surface area contributed by atoms with E-state index in [1.54, 1.807) is 6.07 Å². The molecule has 20 heavy (non-hydrogen) atoms. The van der Waals surface area contributed by atoms with Gasteiger partial charge in [0.25, 0.3) is 5.69 Å². The number of halogens is 2. The number of amides is 1. The summed E-state index contributed by atoms with van der Waals surface area (Å²) in [5.74, 6) is -0.0664. The van der Waals surface area contributed by atoms with Gasteiger partial charge in [-0.3, -0.25) is 14.9 Å². The molecule has 0 spiro atoms. The summed E-state index contributed by atoms with van der Waals surface area (Å²) < 4.78 is 0.585. The van der Waals surface area contributed by atoms with Crippen LogP contribution in [-0.2, 0) is 11.2 Å². The van der Waals surface area contributed by atoms with Gasteiger partial charge in [-0.2, -0.15) is 0 Å². The molecule has 8 heteroatoms. The Kier molecular flexibility index (Phi) is 6.38. The van der Waals surface area contributed by atoms with Gasteiger partial charge in [0.1, 0.15) is 0 Å². The molecule has 1 fully saturated rings. The maximum absolute atomic E-state index is 11.8. The van der Waals surface area contributed by atoms with Gasteiger partial charge in [0.2, 0.25) is 5.91 Å². The molecule has 0 radical (unpaired) electrons. The molecular weight excluding hydrogens is 350 g/mol. The minimum Gasteiger partial charge on any atom is -0.352 e. The quantitative estimate of drug-likeness (QED) is 0.630. The van der Waals surface area contributed by atoms with Crippen LogP contribution in [0.15, 0.2) is 22.7 Å². The van der Waals surface area contributed by atoms with Gasteiger partial charge in [-0.25, -0.2) is 0 Å². The molecule has 1 atom stereocenters. The highest BCUT2D eigenvalue weighted by Gasteiger charge is 2.18. The van der Waals surface area contributed by atoms with Gasteiger partial charge in [-0.05, 0) is 18.5 Å². The Morgan fingerprint density at radius 2 is 2.30 bits per heavy atom. The van der Waals surface area contributed by atoms with E-state index in [9.17, 15) is 14.9 Å².